The van der Waals surface area contributed by atoms with E-state index in [2.05, 4.69) is 30.0 Å². The van der Waals surface area contributed by atoms with E-state index < -0.39 is 11.6 Å². The lowest BCUT2D eigenvalue weighted by atomic mass is 10.2. The molecule has 6 heterocycles. The molecule has 0 spiro atoms. The number of fused-ring (bicyclic) bond motifs is 3. The number of benzene rings is 1. The average Bonchev–Trinajstić information content (AvgIpc) is 3.81. The smallest absolute Gasteiger partial charge is 0.330 e. The summed E-state index contributed by atoms with van der Waals surface area (Å²) in [5.74, 6) is -0.259. The number of halogens is 2. The van der Waals surface area contributed by atoms with Crippen LogP contribution in [0.25, 0.3) is 28.4 Å². The lowest BCUT2D eigenvalue weighted by Gasteiger charge is -2.36. The van der Waals surface area contributed by atoms with Gasteiger partial charge in [0.05, 0.1) is 12.0 Å². The maximum absolute atomic E-state index is 14.8. The Balaban J connectivity index is 1.05. The Labute approximate surface area is 247 Å². The second-order valence-electron chi connectivity index (χ2n) is 10.5. The summed E-state index contributed by atoms with van der Waals surface area (Å²) in [5, 5.41) is 8.51. The number of aromatic nitrogens is 9. The molecule has 2 N–H and O–H groups in total. The van der Waals surface area contributed by atoms with E-state index in [1.807, 2.05) is 4.90 Å². The monoisotopic (exact) mass is 606 g/mol. The molecule has 0 saturated carbocycles. The largest absolute Gasteiger partial charge is 0.482 e. The van der Waals surface area contributed by atoms with Crippen LogP contribution < -0.4 is 21.1 Å². The summed E-state index contributed by atoms with van der Waals surface area (Å²) in [4.78, 5) is 30.4. The van der Waals surface area contributed by atoms with E-state index >= 15 is 0 Å². The van der Waals surface area contributed by atoms with Crippen LogP contribution in [-0.4, -0.2) is 81.1 Å². The minimum absolute atomic E-state index is 0.0432. The first-order valence-electron chi connectivity index (χ1n) is 13.9. The summed E-state index contributed by atoms with van der Waals surface area (Å²) in [7, 11) is 3.37. The molecule has 15 nitrogen and oxygen atoms in total. The molecule has 1 aliphatic heterocycles. The second-order valence-corrected chi connectivity index (χ2v) is 10.5. The van der Waals surface area contributed by atoms with Crippen LogP contribution in [0.15, 0.2) is 46.1 Å². The van der Waals surface area contributed by atoms with E-state index in [0.717, 1.165) is 6.07 Å². The van der Waals surface area contributed by atoms with Crippen molar-refractivity contribution in [2.45, 2.75) is 13.2 Å². The molecule has 0 unspecified atom stereocenters. The molecule has 228 valence electrons. The van der Waals surface area contributed by atoms with E-state index in [0.29, 0.717) is 73.5 Å². The summed E-state index contributed by atoms with van der Waals surface area (Å²) in [6.07, 6.45) is 3.04. The summed E-state index contributed by atoms with van der Waals surface area (Å²) < 4.78 is 46.2. The summed E-state index contributed by atoms with van der Waals surface area (Å²) in [6.45, 7) is 3.04. The van der Waals surface area contributed by atoms with Gasteiger partial charge in [0.15, 0.2) is 34.4 Å². The van der Waals surface area contributed by atoms with E-state index in [1.165, 1.54) is 32.4 Å². The van der Waals surface area contributed by atoms with Crippen molar-refractivity contribution in [2.75, 3.05) is 43.4 Å². The Kier molecular flexibility index (Phi) is 6.72. The molecule has 0 bridgehead atoms. The van der Waals surface area contributed by atoms with Crippen molar-refractivity contribution in [1.82, 2.24) is 48.4 Å². The number of aryl methyl sites for hydroxylation is 2. The molecule has 0 radical (unpaired) electrons. The third-order valence-electron chi connectivity index (χ3n) is 7.68. The molecule has 44 heavy (non-hydrogen) atoms. The molecule has 0 amide bonds. The predicted octanol–water partition coefficient (Wildman–Crippen LogP) is 1.43. The van der Waals surface area contributed by atoms with Crippen LogP contribution in [0.3, 0.4) is 0 Å². The number of nitrogens with two attached hydrogens (primary N) is 1. The van der Waals surface area contributed by atoms with E-state index in [-0.39, 0.29) is 29.7 Å². The maximum Gasteiger partial charge on any atom is 0.330 e. The highest BCUT2D eigenvalue weighted by molar-refractivity contribution is 5.88. The first-order chi connectivity index (χ1) is 21.3. The van der Waals surface area contributed by atoms with Crippen molar-refractivity contribution >= 4 is 28.4 Å². The molecule has 7 rings (SSSR count). The van der Waals surface area contributed by atoms with Gasteiger partial charge in [0.25, 0.3) is 0 Å². The molecule has 0 atom stereocenters. The number of piperazine rings is 1. The summed E-state index contributed by atoms with van der Waals surface area (Å²) in [6, 6.07) is 5.67. The normalized spacial score (nSPS) is 14.3. The number of furan rings is 1. The Hall–Kier alpha value is -5.32. The second kappa shape index (κ2) is 10.7. The minimum atomic E-state index is -0.795. The Morgan fingerprint density at radius 2 is 1.84 bits per heavy atom. The highest BCUT2D eigenvalue weighted by Gasteiger charge is 2.24. The van der Waals surface area contributed by atoms with Gasteiger partial charge in [-0.1, -0.05) is 0 Å². The van der Waals surface area contributed by atoms with Gasteiger partial charge in [-0.2, -0.15) is 14.6 Å². The van der Waals surface area contributed by atoms with Gasteiger partial charge in [0.1, 0.15) is 24.3 Å². The SMILES string of the molecule is Cn1cnc(COc2cc(N3CCN(CCn4c(=O)n(C)c5c4nc(N)n4nc(-c6ccco6)nc54)CC3)c(F)cc2F)n1. The van der Waals surface area contributed by atoms with E-state index in [9.17, 15) is 13.6 Å². The van der Waals surface area contributed by atoms with Crippen LogP contribution in [0.1, 0.15) is 5.82 Å². The van der Waals surface area contributed by atoms with Crippen molar-refractivity contribution in [3.05, 3.63) is 64.8 Å². The predicted molar refractivity (Wildman–Crippen MR) is 154 cm³/mol. The molecule has 0 aliphatic carbocycles. The molecule has 1 fully saturated rings. The average molecular weight is 607 g/mol. The molecular weight excluding hydrogens is 578 g/mol. The molecule has 17 heteroatoms. The molecule has 6 aromatic rings. The number of anilines is 2. The van der Waals surface area contributed by atoms with E-state index in [4.69, 9.17) is 14.9 Å². The van der Waals surface area contributed by atoms with Crippen LogP contribution in [0.4, 0.5) is 20.4 Å². The van der Waals surface area contributed by atoms with Gasteiger partial charge in [-0.3, -0.25) is 18.7 Å². The van der Waals surface area contributed by atoms with Crippen LogP contribution in [0.5, 0.6) is 5.75 Å². The molecule has 5 aromatic heterocycles. The third kappa shape index (κ3) is 4.80. The Bertz CT molecular complexity index is 2040. The third-order valence-corrected chi connectivity index (χ3v) is 7.68. The van der Waals surface area contributed by atoms with Gasteiger partial charge in [-0.15, -0.1) is 5.10 Å². The zero-order valence-electron chi connectivity index (χ0n) is 23.9. The summed E-state index contributed by atoms with van der Waals surface area (Å²) >= 11 is 0. The zero-order chi connectivity index (χ0) is 30.5. The lowest BCUT2D eigenvalue weighted by Crippen LogP contribution is -2.47. The first-order valence-corrected chi connectivity index (χ1v) is 13.9. The van der Waals surface area contributed by atoms with Crippen LogP contribution in [-0.2, 0) is 27.2 Å². The maximum atomic E-state index is 14.8. The Morgan fingerprint density at radius 1 is 1.02 bits per heavy atom. The number of imidazole rings is 1. The van der Waals surface area contributed by atoms with Gasteiger partial charge < -0.3 is 19.8 Å². The van der Waals surface area contributed by atoms with E-state index in [1.54, 1.807) is 30.8 Å². The van der Waals surface area contributed by atoms with Crippen LogP contribution >= 0.6 is 0 Å². The standard InChI is InChI=1S/C27H28F2N12O3/c1-36-15-31-21(34-36)14-44-20-13-18(16(28)12-17(20)29)39-8-5-38(6-9-39)7-10-40-24-22(37(2)27(40)42)25-32-23(19-4-3-11-43-19)35-41(25)26(30)33-24/h3-4,11-13,15H,5-10,14H2,1-2H3,(H2,30,33). The molecule has 1 aliphatic rings. The Morgan fingerprint density at radius 3 is 2.57 bits per heavy atom. The van der Waals surface area contributed by atoms with Crippen molar-refractivity contribution in [2.24, 2.45) is 14.1 Å². The number of hydrogen-bond acceptors (Lipinski definition) is 11. The number of hydrogen-bond donors (Lipinski definition) is 1. The lowest BCUT2D eigenvalue weighted by molar-refractivity contribution is 0.246. The number of nitrogens with zero attached hydrogens (tertiary/aromatic N) is 11. The quantitative estimate of drug-likeness (QED) is 0.267. The van der Waals surface area contributed by atoms with Gasteiger partial charge in [0, 0.05) is 65.5 Å². The molecular formula is C27H28F2N12O3. The van der Waals surface area contributed by atoms with Crippen molar-refractivity contribution < 1.29 is 17.9 Å². The minimum Gasteiger partial charge on any atom is -0.482 e. The first kappa shape index (κ1) is 27.5. The fourth-order valence-electron chi connectivity index (χ4n) is 5.42. The van der Waals surface area contributed by atoms with Crippen LogP contribution in [0, 0.1) is 11.6 Å². The van der Waals surface area contributed by atoms with Gasteiger partial charge >= 0.3 is 5.69 Å². The molecule has 1 saturated heterocycles. The van der Waals surface area contributed by atoms with Crippen molar-refractivity contribution in [3.63, 3.8) is 0 Å². The van der Waals surface area contributed by atoms with Gasteiger partial charge in [-0.25, -0.2) is 23.5 Å². The molecule has 1 aromatic carbocycles. The van der Waals surface area contributed by atoms with Gasteiger partial charge in [0.2, 0.25) is 11.8 Å². The highest BCUT2D eigenvalue weighted by atomic mass is 19.1. The number of rotatable bonds is 8. The summed E-state index contributed by atoms with van der Waals surface area (Å²) in [5.41, 5.74) is 7.51. The van der Waals surface area contributed by atoms with Gasteiger partial charge in [-0.05, 0) is 12.1 Å². The van der Waals surface area contributed by atoms with Crippen molar-refractivity contribution in [1.29, 1.82) is 0 Å². The highest BCUT2D eigenvalue weighted by Crippen LogP contribution is 2.30. The topological polar surface area (TPSA) is 156 Å². The number of ether oxygens (including phenoxy) is 1. The fraction of sp³-hybridized carbons (Fsp3) is 0.333. The fourth-order valence-corrected chi connectivity index (χ4v) is 5.42. The van der Waals surface area contributed by atoms with Crippen molar-refractivity contribution in [3.8, 4) is 17.3 Å². The number of nitrogen functional groups attached to an aromatic ring is 1. The zero-order valence-corrected chi connectivity index (χ0v) is 23.9. The van der Waals surface area contributed by atoms with Crippen LogP contribution in [0.2, 0.25) is 0 Å².